The maximum atomic E-state index is 13.1. The summed E-state index contributed by atoms with van der Waals surface area (Å²) in [5.74, 6) is 0.855. The lowest BCUT2D eigenvalue weighted by Gasteiger charge is -2.21. The molecule has 0 aromatic carbocycles. The molecule has 8 heteroatoms. The summed E-state index contributed by atoms with van der Waals surface area (Å²) in [6, 6.07) is 5.34. The smallest absolute Gasteiger partial charge is 0.275 e. The summed E-state index contributed by atoms with van der Waals surface area (Å²) in [4.78, 5) is 23.6. The number of rotatable bonds is 3. The van der Waals surface area contributed by atoms with Crippen LogP contribution in [0.25, 0.3) is 11.5 Å². The Labute approximate surface area is 149 Å². The number of hydrogen-bond acceptors (Lipinski definition) is 6. The highest BCUT2D eigenvalue weighted by Crippen LogP contribution is 2.34. The van der Waals surface area contributed by atoms with Gasteiger partial charge >= 0.3 is 0 Å². The molecule has 3 aromatic rings. The van der Waals surface area contributed by atoms with Crippen LogP contribution in [0.4, 0.5) is 0 Å². The molecular formula is C18H18N6O2. The molecule has 0 saturated carbocycles. The average molecular weight is 350 g/mol. The molecule has 5 rings (SSSR count). The molecule has 0 bridgehead atoms. The van der Waals surface area contributed by atoms with Crippen molar-refractivity contribution in [2.24, 2.45) is 0 Å². The monoisotopic (exact) mass is 350 g/mol. The third-order valence-electron chi connectivity index (χ3n) is 5.14. The Bertz CT molecular complexity index is 948. The van der Waals surface area contributed by atoms with Gasteiger partial charge in [-0.2, -0.15) is 10.1 Å². The minimum Gasteiger partial charge on any atom is -0.337 e. The summed E-state index contributed by atoms with van der Waals surface area (Å²) < 4.78 is 5.47. The molecule has 4 heterocycles. The lowest BCUT2D eigenvalue weighted by Crippen LogP contribution is -2.31. The van der Waals surface area contributed by atoms with Crippen molar-refractivity contribution in [3.8, 4) is 11.5 Å². The van der Waals surface area contributed by atoms with E-state index in [1.807, 2.05) is 23.1 Å². The van der Waals surface area contributed by atoms with Crippen LogP contribution in [0.1, 0.15) is 52.9 Å². The molecule has 1 amide bonds. The van der Waals surface area contributed by atoms with Crippen LogP contribution >= 0.6 is 0 Å². The number of fused-ring (bicyclic) bond motifs is 1. The Balaban J connectivity index is 1.42. The maximum absolute atomic E-state index is 13.1. The fourth-order valence-electron chi connectivity index (χ4n) is 3.87. The predicted octanol–water partition coefficient (Wildman–Crippen LogP) is 2.32. The van der Waals surface area contributed by atoms with Crippen molar-refractivity contribution in [3.05, 3.63) is 47.2 Å². The number of amides is 1. The van der Waals surface area contributed by atoms with Crippen molar-refractivity contribution in [2.45, 2.75) is 38.1 Å². The lowest BCUT2D eigenvalue weighted by molar-refractivity contribution is 0.0703. The Kier molecular flexibility index (Phi) is 3.55. The van der Waals surface area contributed by atoms with Gasteiger partial charge in [-0.25, -0.2) is 0 Å². The number of nitrogens with one attached hydrogen (secondary N) is 1. The second-order valence-corrected chi connectivity index (χ2v) is 6.71. The Morgan fingerprint density at radius 3 is 3.12 bits per heavy atom. The number of aryl methyl sites for hydroxylation is 1. The van der Waals surface area contributed by atoms with Crippen molar-refractivity contribution in [2.75, 3.05) is 6.54 Å². The van der Waals surface area contributed by atoms with Crippen molar-refractivity contribution in [1.29, 1.82) is 0 Å². The first-order valence-corrected chi connectivity index (χ1v) is 8.93. The molecule has 3 aromatic heterocycles. The molecule has 1 saturated heterocycles. The van der Waals surface area contributed by atoms with Gasteiger partial charge in [-0.1, -0.05) is 11.2 Å². The molecule has 1 atom stereocenters. The first kappa shape index (κ1) is 15.2. The SMILES string of the molecule is O=C(c1n[nH]c2c1CCC2)N1CCC[C@H]1c1nc(-c2ccccn2)no1. The highest BCUT2D eigenvalue weighted by Gasteiger charge is 2.37. The zero-order valence-electron chi connectivity index (χ0n) is 14.2. The van der Waals surface area contributed by atoms with E-state index in [1.165, 1.54) is 0 Å². The van der Waals surface area contributed by atoms with Gasteiger partial charge in [0.15, 0.2) is 5.69 Å². The van der Waals surface area contributed by atoms with Crippen LogP contribution < -0.4 is 0 Å². The van der Waals surface area contributed by atoms with Crippen molar-refractivity contribution < 1.29 is 9.32 Å². The van der Waals surface area contributed by atoms with Crippen molar-refractivity contribution in [3.63, 3.8) is 0 Å². The third kappa shape index (κ3) is 2.40. The van der Waals surface area contributed by atoms with E-state index >= 15 is 0 Å². The molecule has 2 aliphatic rings. The fraction of sp³-hybridized carbons (Fsp3) is 0.389. The summed E-state index contributed by atoms with van der Waals surface area (Å²) in [5, 5.41) is 11.3. The van der Waals surface area contributed by atoms with Crippen LogP contribution in [-0.2, 0) is 12.8 Å². The summed E-state index contributed by atoms with van der Waals surface area (Å²) in [6.07, 6.45) is 6.36. The molecule has 26 heavy (non-hydrogen) atoms. The van der Waals surface area contributed by atoms with Gasteiger partial charge in [0.05, 0.1) is 0 Å². The summed E-state index contributed by atoms with van der Waals surface area (Å²) in [7, 11) is 0. The van der Waals surface area contributed by atoms with Crippen molar-refractivity contribution in [1.82, 2.24) is 30.2 Å². The lowest BCUT2D eigenvalue weighted by atomic mass is 10.1. The van der Waals surface area contributed by atoms with E-state index in [0.717, 1.165) is 43.4 Å². The molecule has 8 nitrogen and oxygen atoms in total. The molecule has 0 radical (unpaired) electrons. The number of likely N-dealkylation sites (tertiary alicyclic amines) is 1. The molecule has 1 N–H and O–H groups in total. The predicted molar refractivity (Wildman–Crippen MR) is 91.2 cm³/mol. The van der Waals surface area contributed by atoms with Gasteiger partial charge in [-0.3, -0.25) is 14.9 Å². The van der Waals surface area contributed by atoms with Crippen LogP contribution in [0, 0.1) is 0 Å². The zero-order valence-corrected chi connectivity index (χ0v) is 14.2. The number of H-pyrrole nitrogens is 1. The summed E-state index contributed by atoms with van der Waals surface area (Å²) in [6.45, 7) is 0.673. The number of hydrogen-bond donors (Lipinski definition) is 1. The highest BCUT2D eigenvalue weighted by molar-refractivity contribution is 5.94. The summed E-state index contributed by atoms with van der Waals surface area (Å²) >= 11 is 0. The number of carbonyl (C=O) groups is 1. The quantitative estimate of drug-likeness (QED) is 0.778. The number of aromatic amines is 1. The topological polar surface area (TPSA) is 101 Å². The first-order valence-electron chi connectivity index (χ1n) is 8.93. The van der Waals surface area contributed by atoms with Gasteiger partial charge in [-0.05, 0) is 44.2 Å². The minimum atomic E-state index is -0.207. The third-order valence-corrected chi connectivity index (χ3v) is 5.14. The Hall–Kier alpha value is -3.03. The highest BCUT2D eigenvalue weighted by atomic mass is 16.5. The molecule has 132 valence electrons. The molecule has 0 spiro atoms. The number of nitrogens with zero attached hydrogens (tertiary/aromatic N) is 5. The average Bonchev–Trinajstić information content (AvgIpc) is 3.45. The van der Waals surface area contributed by atoms with Crippen LogP contribution in [0.3, 0.4) is 0 Å². The van der Waals surface area contributed by atoms with E-state index in [9.17, 15) is 4.79 Å². The van der Waals surface area contributed by atoms with Crippen molar-refractivity contribution >= 4 is 5.91 Å². The van der Waals surface area contributed by atoms with Crippen LogP contribution in [0.5, 0.6) is 0 Å². The number of pyridine rings is 1. The zero-order chi connectivity index (χ0) is 17.5. The molecule has 1 fully saturated rings. The fourth-order valence-corrected chi connectivity index (χ4v) is 3.87. The second kappa shape index (κ2) is 6.05. The van der Waals surface area contributed by atoms with Gasteiger partial charge in [-0.15, -0.1) is 0 Å². The molecule has 1 aliphatic heterocycles. The minimum absolute atomic E-state index is 0.0514. The number of carbonyl (C=O) groups excluding carboxylic acids is 1. The largest absolute Gasteiger partial charge is 0.337 e. The molecule has 1 aliphatic carbocycles. The Morgan fingerprint density at radius 2 is 2.23 bits per heavy atom. The normalized spacial score (nSPS) is 19.1. The van der Waals surface area contributed by atoms with E-state index in [2.05, 4.69) is 25.3 Å². The van der Waals surface area contributed by atoms with Gasteiger partial charge in [0, 0.05) is 24.0 Å². The maximum Gasteiger partial charge on any atom is 0.275 e. The Morgan fingerprint density at radius 1 is 1.27 bits per heavy atom. The van der Waals surface area contributed by atoms with Gasteiger partial charge in [0.1, 0.15) is 11.7 Å². The van der Waals surface area contributed by atoms with Gasteiger partial charge in [0.2, 0.25) is 11.7 Å². The van der Waals surface area contributed by atoms with E-state index in [4.69, 9.17) is 4.52 Å². The van der Waals surface area contributed by atoms with Crippen LogP contribution in [0.15, 0.2) is 28.9 Å². The number of aromatic nitrogens is 5. The summed E-state index contributed by atoms with van der Waals surface area (Å²) in [5.41, 5.74) is 3.37. The van der Waals surface area contributed by atoms with E-state index < -0.39 is 0 Å². The van der Waals surface area contributed by atoms with E-state index in [-0.39, 0.29) is 11.9 Å². The standard InChI is InChI=1S/C18H18N6O2/c25-18(15-11-5-3-7-12(11)21-22-15)24-10-4-8-14(24)17-20-16(23-26-17)13-6-1-2-9-19-13/h1-2,6,9,14H,3-5,7-8,10H2,(H,21,22)/t14-/m0/s1. The van der Waals surface area contributed by atoms with Gasteiger partial charge in [0.25, 0.3) is 5.91 Å². The van der Waals surface area contributed by atoms with E-state index in [0.29, 0.717) is 29.6 Å². The molecular weight excluding hydrogens is 332 g/mol. The van der Waals surface area contributed by atoms with E-state index in [1.54, 1.807) is 6.20 Å². The van der Waals surface area contributed by atoms with Crippen LogP contribution in [-0.4, -0.2) is 42.7 Å². The second-order valence-electron chi connectivity index (χ2n) is 6.71. The van der Waals surface area contributed by atoms with Gasteiger partial charge < -0.3 is 9.42 Å². The molecule has 0 unspecified atom stereocenters. The van der Waals surface area contributed by atoms with Crippen LogP contribution in [0.2, 0.25) is 0 Å². The first-order chi connectivity index (χ1) is 12.8.